The molecule has 0 aliphatic carbocycles. The van der Waals surface area contributed by atoms with Crippen molar-refractivity contribution in [2.24, 2.45) is 0 Å². The standard InChI is InChI=1S/C50H31NO2/c1-2-8-32(9-3-1)34-18-24-41-36(28-34)14-15-37-29-35(19-25-42(37)41)33-16-20-38(21-17-33)51(39-22-26-45-43-10-4-6-12-47(43)52-49(45)30-39)40-23-27-46-44-11-5-7-13-48(44)53-50(46)31-40/h1-31H. The number of hydrogen-bond acceptors (Lipinski definition) is 3. The molecule has 0 saturated carbocycles. The fourth-order valence-corrected chi connectivity index (χ4v) is 8.02. The Balaban J connectivity index is 0.993. The van der Waals surface area contributed by atoms with Gasteiger partial charge in [0.1, 0.15) is 22.3 Å². The van der Waals surface area contributed by atoms with Gasteiger partial charge in [-0.05, 0) is 104 Å². The molecule has 0 amide bonds. The quantitative estimate of drug-likeness (QED) is 0.170. The number of benzene rings is 9. The number of para-hydroxylation sites is 2. The Bertz CT molecular complexity index is 3060. The van der Waals surface area contributed by atoms with E-state index in [4.69, 9.17) is 8.83 Å². The highest BCUT2D eigenvalue weighted by Crippen LogP contribution is 2.41. The van der Waals surface area contributed by atoms with E-state index in [-0.39, 0.29) is 0 Å². The van der Waals surface area contributed by atoms with Crippen molar-refractivity contribution in [3.63, 3.8) is 0 Å². The van der Waals surface area contributed by atoms with Crippen LogP contribution in [0.4, 0.5) is 17.1 Å². The van der Waals surface area contributed by atoms with Crippen LogP contribution in [0.5, 0.6) is 0 Å². The molecule has 0 bridgehead atoms. The van der Waals surface area contributed by atoms with Crippen LogP contribution in [0.3, 0.4) is 0 Å². The zero-order valence-electron chi connectivity index (χ0n) is 28.7. The second kappa shape index (κ2) is 11.7. The van der Waals surface area contributed by atoms with E-state index >= 15 is 0 Å². The van der Waals surface area contributed by atoms with E-state index in [1.807, 2.05) is 24.3 Å². The molecule has 0 unspecified atom stereocenters. The normalized spacial score (nSPS) is 11.8. The fourth-order valence-electron chi connectivity index (χ4n) is 8.02. The molecule has 0 saturated heterocycles. The molecule has 0 spiro atoms. The van der Waals surface area contributed by atoms with Crippen LogP contribution in [-0.4, -0.2) is 0 Å². The summed E-state index contributed by atoms with van der Waals surface area (Å²) < 4.78 is 12.7. The summed E-state index contributed by atoms with van der Waals surface area (Å²) in [6, 6.07) is 66.9. The largest absolute Gasteiger partial charge is 0.456 e. The second-order valence-corrected chi connectivity index (χ2v) is 13.7. The van der Waals surface area contributed by atoms with E-state index in [0.717, 1.165) is 66.5 Å². The van der Waals surface area contributed by atoms with E-state index < -0.39 is 0 Å². The summed E-state index contributed by atoms with van der Waals surface area (Å²) in [5.74, 6) is 0. The smallest absolute Gasteiger partial charge is 0.137 e. The van der Waals surface area contributed by atoms with E-state index in [1.165, 1.54) is 38.2 Å². The zero-order chi connectivity index (χ0) is 34.9. The first kappa shape index (κ1) is 29.6. The molecule has 0 aliphatic heterocycles. The molecule has 0 radical (unpaired) electrons. The first-order chi connectivity index (χ1) is 26.2. The summed E-state index contributed by atoms with van der Waals surface area (Å²) in [6.45, 7) is 0. The van der Waals surface area contributed by atoms with Crippen molar-refractivity contribution in [3.05, 3.63) is 188 Å². The van der Waals surface area contributed by atoms with E-state index in [0.29, 0.717) is 0 Å². The summed E-state index contributed by atoms with van der Waals surface area (Å²) in [5.41, 5.74) is 11.4. The molecular weight excluding hydrogens is 647 g/mol. The van der Waals surface area contributed by atoms with Gasteiger partial charge in [0.05, 0.1) is 0 Å². The number of anilines is 3. The van der Waals surface area contributed by atoms with Crippen LogP contribution in [0.25, 0.3) is 87.7 Å². The van der Waals surface area contributed by atoms with Gasteiger partial charge in [0.2, 0.25) is 0 Å². The van der Waals surface area contributed by atoms with Crippen LogP contribution >= 0.6 is 0 Å². The lowest BCUT2D eigenvalue weighted by Gasteiger charge is -2.25. The van der Waals surface area contributed by atoms with Crippen molar-refractivity contribution in [3.8, 4) is 22.3 Å². The number of fused-ring (bicyclic) bond motifs is 9. The molecule has 0 aliphatic rings. The van der Waals surface area contributed by atoms with Gasteiger partial charge in [-0.3, -0.25) is 0 Å². The van der Waals surface area contributed by atoms with Gasteiger partial charge in [0.25, 0.3) is 0 Å². The zero-order valence-corrected chi connectivity index (χ0v) is 28.7. The maximum atomic E-state index is 6.34. The number of rotatable bonds is 5. The summed E-state index contributed by atoms with van der Waals surface area (Å²) in [4.78, 5) is 2.28. The van der Waals surface area contributed by atoms with Crippen LogP contribution in [0, 0.1) is 0 Å². The van der Waals surface area contributed by atoms with Gasteiger partial charge in [-0.25, -0.2) is 0 Å². The van der Waals surface area contributed by atoms with Crippen LogP contribution in [0.2, 0.25) is 0 Å². The van der Waals surface area contributed by atoms with Crippen LogP contribution in [-0.2, 0) is 0 Å². The SMILES string of the molecule is c1ccc(-c2ccc3c(ccc4cc(-c5ccc(N(c6ccc7c(c6)oc6ccccc67)c6ccc7c(c6)oc6ccccc67)cc5)ccc43)c2)cc1. The monoisotopic (exact) mass is 677 g/mol. The Morgan fingerprint density at radius 3 is 1.23 bits per heavy atom. The van der Waals surface area contributed by atoms with Gasteiger partial charge in [-0.1, -0.05) is 115 Å². The molecule has 0 N–H and O–H groups in total. The van der Waals surface area contributed by atoms with Crippen molar-refractivity contribution in [2.75, 3.05) is 4.90 Å². The van der Waals surface area contributed by atoms with Crippen molar-refractivity contribution >= 4 is 82.5 Å². The van der Waals surface area contributed by atoms with Gasteiger partial charge in [0, 0.05) is 50.7 Å². The molecule has 11 rings (SSSR count). The first-order valence-electron chi connectivity index (χ1n) is 18.0. The molecule has 53 heavy (non-hydrogen) atoms. The highest BCUT2D eigenvalue weighted by atomic mass is 16.3. The van der Waals surface area contributed by atoms with Crippen LogP contribution in [0.1, 0.15) is 0 Å². The van der Waals surface area contributed by atoms with Crippen molar-refractivity contribution in [1.29, 1.82) is 0 Å². The maximum absolute atomic E-state index is 6.34. The predicted molar refractivity (Wildman–Crippen MR) is 222 cm³/mol. The van der Waals surface area contributed by atoms with Gasteiger partial charge in [0.15, 0.2) is 0 Å². The summed E-state index contributed by atoms with van der Waals surface area (Å²) >= 11 is 0. The Hall–Kier alpha value is -7.10. The molecule has 2 heterocycles. The van der Waals surface area contributed by atoms with Gasteiger partial charge in [-0.2, -0.15) is 0 Å². The molecule has 2 aromatic heterocycles. The summed E-state index contributed by atoms with van der Waals surface area (Å²) in [7, 11) is 0. The number of nitrogens with zero attached hydrogens (tertiary/aromatic N) is 1. The summed E-state index contributed by atoms with van der Waals surface area (Å²) in [5, 5.41) is 9.45. The predicted octanol–water partition coefficient (Wildman–Crippen LogP) is 14.6. The van der Waals surface area contributed by atoms with Gasteiger partial charge < -0.3 is 13.7 Å². The van der Waals surface area contributed by atoms with Crippen molar-refractivity contribution in [1.82, 2.24) is 0 Å². The molecule has 0 fully saturated rings. The Labute approximate surface area is 305 Å². The number of furan rings is 2. The third-order valence-corrected chi connectivity index (χ3v) is 10.6. The molecule has 9 aromatic carbocycles. The van der Waals surface area contributed by atoms with E-state index in [2.05, 4.69) is 169 Å². The molecule has 3 nitrogen and oxygen atoms in total. The third kappa shape index (κ3) is 4.90. The van der Waals surface area contributed by atoms with Gasteiger partial charge >= 0.3 is 0 Å². The molecular formula is C50H31NO2. The van der Waals surface area contributed by atoms with Gasteiger partial charge in [-0.15, -0.1) is 0 Å². The summed E-state index contributed by atoms with van der Waals surface area (Å²) in [6.07, 6.45) is 0. The molecule has 3 heteroatoms. The molecule has 0 atom stereocenters. The number of hydrogen-bond donors (Lipinski definition) is 0. The van der Waals surface area contributed by atoms with Crippen molar-refractivity contribution < 1.29 is 8.83 Å². The highest BCUT2D eigenvalue weighted by Gasteiger charge is 2.18. The topological polar surface area (TPSA) is 29.5 Å². The lowest BCUT2D eigenvalue weighted by molar-refractivity contribution is 0.669. The Morgan fingerprint density at radius 1 is 0.264 bits per heavy atom. The minimum absolute atomic E-state index is 0.857. The molecule has 248 valence electrons. The average Bonchev–Trinajstić information content (AvgIpc) is 3.79. The van der Waals surface area contributed by atoms with Crippen LogP contribution < -0.4 is 4.90 Å². The third-order valence-electron chi connectivity index (χ3n) is 10.6. The Morgan fingerprint density at radius 2 is 0.679 bits per heavy atom. The molecule has 11 aromatic rings. The van der Waals surface area contributed by atoms with Crippen molar-refractivity contribution in [2.45, 2.75) is 0 Å². The minimum Gasteiger partial charge on any atom is -0.456 e. The maximum Gasteiger partial charge on any atom is 0.137 e. The van der Waals surface area contributed by atoms with E-state index in [9.17, 15) is 0 Å². The first-order valence-corrected chi connectivity index (χ1v) is 18.0. The van der Waals surface area contributed by atoms with E-state index in [1.54, 1.807) is 0 Å². The second-order valence-electron chi connectivity index (χ2n) is 13.7. The lowest BCUT2D eigenvalue weighted by atomic mass is 9.95. The highest BCUT2D eigenvalue weighted by molar-refractivity contribution is 6.10. The average molecular weight is 678 g/mol. The van der Waals surface area contributed by atoms with Crippen LogP contribution in [0.15, 0.2) is 197 Å². The minimum atomic E-state index is 0.857. The fraction of sp³-hybridized carbons (Fsp3) is 0. The Kier molecular flexibility index (Phi) is 6.55. The lowest BCUT2D eigenvalue weighted by Crippen LogP contribution is -2.09.